The fourth-order valence-electron chi connectivity index (χ4n) is 3.25. The topological polar surface area (TPSA) is 80.5 Å². The van der Waals surface area contributed by atoms with Gasteiger partial charge in [-0.2, -0.15) is 0 Å². The van der Waals surface area contributed by atoms with Gasteiger partial charge in [0.2, 0.25) is 0 Å². The van der Waals surface area contributed by atoms with Gasteiger partial charge in [0.15, 0.2) is 0 Å². The smallest absolute Gasteiger partial charge is 0.268 e. The molecule has 0 saturated heterocycles. The Morgan fingerprint density at radius 3 is 2.38 bits per heavy atom. The van der Waals surface area contributed by atoms with Gasteiger partial charge in [-0.25, -0.2) is 4.90 Å². The molecule has 0 N–H and O–H groups in total. The Bertz CT molecular complexity index is 1140. The molecule has 4 rings (SSSR count). The molecule has 1 aliphatic rings. The lowest BCUT2D eigenvalue weighted by Gasteiger charge is -2.27. The van der Waals surface area contributed by atoms with Gasteiger partial charge in [-0.15, -0.1) is 0 Å². The van der Waals surface area contributed by atoms with Gasteiger partial charge in [0.05, 0.1) is 16.2 Å². The van der Waals surface area contributed by atoms with Crippen molar-refractivity contribution >= 4 is 49.9 Å². The minimum atomic E-state index is -0.570. The van der Waals surface area contributed by atoms with Crippen molar-refractivity contribution in [2.24, 2.45) is 0 Å². The van der Waals surface area contributed by atoms with Gasteiger partial charge in [0.25, 0.3) is 17.5 Å². The zero-order valence-electron chi connectivity index (χ0n) is 13.5. The zero-order valence-corrected chi connectivity index (χ0v) is 15.1. The molecule has 7 heteroatoms. The third kappa shape index (κ3) is 2.24. The van der Waals surface area contributed by atoms with Gasteiger partial charge < -0.3 is 0 Å². The number of hydrogen-bond donors (Lipinski definition) is 0. The van der Waals surface area contributed by atoms with Crippen molar-refractivity contribution in [3.8, 4) is 0 Å². The number of benzene rings is 3. The summed E-state index contributed by atoms with van der Waals surface area (Å²) in [7, 11) is 0. The predicted molar refractivity (Wildman–Crippen MR) is 101 cm³/mol. The molecule has 26 heavy (non-hydrogen) atoms. The zero-order chi connectivity index (χ0) is 18.6. The van der Waals surface area contributed by atoms with Gasteiger partial charge in [-0.1, -0.05) is 24.3 Å². The maximum absolute atomic E-state index is 13.1. The van der Waals surface area contributed by atoms with E-state index in [0.717, 1.165) is 10.5 Å². The average molecular weight is 411 g/mol. The number of amides is 2. The number of hydrogen-bond acceptors (Lipinski definition) is 4. The number of carbonyl (C=O) groups excluding carboxylic acids is 2. The summed E-state index contributed by atoms with van der Waals surface area (Å²) in [6.45, 7) is 1.86. The molecular weight excluding hydrogens is 400 g/mol. The molecule has 0 fully saturated rings. The third-order valence-electron chi connectivity index (χ3n) is 4.40. The van der Waals surface area contributed by atoms with Crippen LogP contribution in [0.15, 0.2) is 53.0 Å². The van der Waals surface area contributed by atoms with E-state index in [-0.39, 0.29) is 15.7 Å². The summed E-state index contributed by atoms with van der Waals surface area (Å²) in [6.07, 6.45) is 0. The molecule has 2 amide bonds. The predicted octanol–water partition coefficient (Wildman–Crippen LogP) is 4.62. The van der Waals surface area contributed by atoms with Gasteiger partial charge in [0.1, 0.15) is 4.47 Å². The lowest BCUT2D eigenvalue weighted by Crippen LogP contribution is -2.40. The maximum Gasteiger partial charge on any atom is 0.284 e. The molecule has 1 aliphatic heterocycles. The Morgan fingerprint density at radius 2 is 1.69 bits per heavy atom. The number of carbonyl (C=O) groups is 2. The van der Waals surface area contributed by atoms with Gasteiger partial charge >= 0.3 is 0 Å². The fourth-order valence-corrected chi connectivity index (χ4v) is 3.84. The van der Waals surface area contributed by atoms with Crippen LogP contribution < -0.4 is 4.90 Å². The van der Waals surface area contributed by atoms with E-state index in [1.54, 1.807) is 36.4 Å². The Kier molecular flexibility index (Phi) is 3.62. The van der Waals surface area contributed by atoms with E-state index in [9.17, 15) is 19.7 Å². The first-order valence-corrected chi connectivity index (χ1v) is 8.54. The van der Waals surface area contributed by atoms with Crippen LogP contribution >= 0.6 is 15.9 Å². The second-order valence-electron chi connectivity index (χ2n) is 6.03. The third-order valence-corrected chi connectivity index (χ3v) is 5.23. The van der Waals surface area contributed by atoms with E-state index < -0.39 is 16.7 Å². The minimum Gasteiger partial charge on any atom is -0.268 e. The van der Waals surface area contributed by atoms with E-state index in [2.05, 4.69) is 15.9 Å². The second kappa shape index (κ2) is 5.74. The first kappa shape index (κ1) is 16.4. The van der Waals surface area contributed by atoms with Crippen LogP contribution in [0.4, 0.5) is 11.4 Å². The quantitative estimate of drug-likeness (QED) is 0.350. The highest BCUT2D eigenvalue weighted by Gasteiger charge is 2.36. The normalized spacial score (nSPS) is 13.4. The van der Waals surface area contributed by atoms with Crippen molar-refractivity contribution in [3.05, 3.63) is 79.8 Å². The van der Waals surface area contributed by atoms with Crippen LogP contribution in [0.3, 0.4) is 0 Å². The second-order valence-corrected chi connectivity index (χ2v) is 6.82. The number of nitrogens with zero attached hydrogens (tertiary/aromatic N) is 2. The molecule has 0 atom stereocenters. The molecule has 0 aliphatic carbocycles. The van der Waals surface area contributed by atoms with Crippen LogP contribution in [-0.4, -0.2) is 16.7 Å². The molecule has 0 unspecified atom stereocenters. The number of nitro groups is 1. The van der Waals surface area contributed by atoms with Crippen LogP contribution in [0.25, 0.3) is 10.8 Å². The van der Waals surface area contributed by atoms with Crippen molar-refractivity contribution < 1.29 is 14.5 Å². The summed E-state index contributed by atoms with van der Waals surface area (Å²) < 4.78 is 0.257. The van der Waals surface area contributed by atoms with E-state index in [4.69, 9.17) is 0 Å². The number of nitro benzene ring substituents is 1. The van der Waals surface area contributed by atoms with Crippen LogP contribution in [0.1, 0.15) is 26.3 Å². The largest absolute Gasteiger partial charge is 0.284 e. The summed E-state index contributed by atoms with van der Waals surface area (Å²) in [4.78, 5) is 38.0. The number of halogens is 1. The van der Waals surface area contributed by atoms with Gasteiger partial charge in [0, 0.05) is 22.4 Å². The SMILES string of the molecule is Cc1cccc(N2C(=O)c3cccc4c(Br)c([N+](=O)[O-])cc(c34)C2=O)c1. The Hall–Kier alpha value is -3.06. The monoisotopic (exact) mass is 410 g/mol. The summed E-state index contributed by atoms with van der Waals surface area (Å²) in [5, 5.41) is 12.3. The number of imide groups is 1. The van der Waals surface area contributed by atoms with Crippen LogP contribution in [0, 0.1) is 17.0 Å². The number of rotatable bonds is 2. The highest BCUT2D eigenvalue weighted by Crippen LogP contribution is 2.40. The highest BCUT2D eigenvalue weighted by atomic mass is 79.9. The average Bonchev–Trinajstić information content (AvgIpc) is 2.60. The van der Waals surface area contributed by atoms with Gasteiger partial charge in [-0.3, -0.25) is 19.7 Å². The van der Waals surface area contributed by atoms with Crippen molar-refractivity contribution in [2.45, 2.75) is 6.92 Å². The standard InChI is InChI=1S/C19H11BrN2O4/c1-10-4-2-5-11(8-10)21-18(23)13-7-3-6-12-16(13)14(19(21)24)9-15(17(12)20)22(25)26/h2-9H,1H3. The lowest BCUT2D eigenvalue weighted by molar-refractivity contribution is -0.385. The first-order valence-electron chi connectivity index (χ1n) is 7.75. The summed E-state index contributed by atoms with van der Waals surface area (Å²) in [5.41, 5.74) is 1.61. The van der Waals surface area contributed by atoms with Crippen LogP contribution in [0.5, 0.6) is 0 Å². The molecule has 128 valence electrons. The van der Waals surface area contributed by atoms with Crippen molar-refractivity contribution in [2.75, 3.05) is 4.90 Å². The Balaban J connectivity index is 2.05. The first-order chi connectivity index (χ1) is 12.4. The van der Waals surface area contributed by atoms with Crippen LogP contribution in [-0.2, 0) is 0 Å². The molecule has 3 aromatic carbocycles. The molecule has 0 saturated carbocycles. The summed E-state index contributed by atoms with van der Waals surface area (Å²) in [6, 6.07) is 13.2. The lowest BCUT2D eigenvalue weighted by atomic mass is 9.93. The van der Waals surface area contributed by atoms with Crippen LogP contribution in [0.2, 0.25) is 0 Å². The van der Waals surface area contributed by atoms with Crippen molar-refractivity contribution in [3.63, 3.8) is 0 Å². The Morgan fingerprint density at radius 1 is 1.00 bits per heavy atom. The molecule has 0 aromatic heterocycles. The van der Waals surface area contributed by atoms with E-state index >= 15 is 0 Å². The van der Waals surface area contributed by atoms with E-state index in [1.807, 2.05) is 13.0 Å². The highest BCUT2D eigenvalue weighted by molar-refractivity contribution is 9.10. The number of aryl methyl sites for hydroxylation is 1. The van der Waals surface area contributed by atoms with Gasteiger partial charge in [-0.05, 0) is 46.6 Å². The molecule has 0 spiro atoms. The molecule has 1 heterocycles. The number of anilines is 1. The van der Waals surface area contributed by atoms with Crippen molar-refractivity contribution in [1.82, 2.24) is 0 Å². The van der Waals surface area contributed by atoms with E-state index in [1.165, 1.54) is 6.07 Å². The molecule has 3 aromatic rings. The summed E-state index contributed by atoms with van der Waals surface area (Å²) >= 11 is 3.24. The molecule has 6 nitrogen and oxygen atoms in total. The molecule has 0 radical (unpaired) electrons. The van der Waals surface area contributed by atoms with Crippen molar-refractivity contribution in [1.29, 1.82) is 0 Å². The van der Waals surface area contributed by atoms with E-state index in [0.29, 0.717) is 22.0 Å². The fraction of sp³-hybridized carbons (Fsp3) is 0.0526. The Labute approximate surface area is 156 Å². The maximum atomic E-state index is 13.1. The molecule has 0 bridgehead atoms. The minimum absolute atomic E-state index is 0.145. The summed E-state index contributed by atoms with van der Waals surface area (Å²) in [5.74, 6) is -1.01. The molecular formula is C19H11BrN2O4.